The summed E-state index contributed by atoms with van der Waals surface area (Å²) in [7, 11) is 0. The molecule has 2 aromatic rings. The third-order valence-electron chi connectivity index (χ3n) is 3.04. The first kappa shape index (κ1) is 15.4. The van der Waals surface area contributed by atoms with Crippen LogP contribution in [0.4, 0.5) is 0 Å². The lowest BCUT2D eigenvalue weighted by molar-refractivity contribution is 0.0000232. The zero-order chi connectivity index (χ0) is 15.1. The number of carbonyl (C=O) groups excluding carboxylic acids is 1. The van der Waals surface area contributed by atoms with Crippen LogP contribution in [0.1, 0.15) is 21.5 Å². The highest BCUT2D eigenvalue weighted by Crippen LogP contribution is 2.11. The second kappa shape index (κ2) is 7.69. The van der Waals surface area contributed by atoms with Crippen LogP contribution in [0.5, 0.6) is 0 Å². The molecule has 2 rings (SSSR count). The minimum absolute atomic E-state index is 0.0150. The average molecular weight is 286 g/mol. The van der Waals surface area contributed by atoms with Gasteiger partial charge in [0.15, 0.2) is 5.78 Å². The molecule has 110 valence electrons. The molecule has 0 fully saturated rings. The van der Waals surface area contributed by atoms with Crippen molar-refractivity contribution in [3.8, 4) is 0 Å². The molecule has 0 saturated heterocycles. The van der Waals surface area contributed by atoms with E-state index in [-0.39, 0.29) is 19.0 Å². The van der Waals surface area contributed by atoms with Gasteiger partial charge in [-0.2, -0.15) is 0 Å². The molecule has 0 aliphatic carbocycles. The topological polar surface area (TPSA) is 66.8 Å². The van der Waals surface area contributed by atoms with Crippen LogP contribution >= 0.6 is 0 Å². The van der Waals surface area contributed by atoms with E-state index in [1.54, 1.807) is 24.3 Å². The Morgan fingerprint density at radius 3 is 2.24 bits per heavy atom. The summed E-state index contributed by atoms with van der Waals surface area (Å²) in [5, 5.41) is 17.8. The molecule has 0 heterocycles. The fourth-order valence-corrected chi connectivity index (χ4v) is 1.87. The Bertz CT molecular complexity index is 563. The average Bonchev–Trinajstić information content (AvgIpc) is 2.55. The van der Waals surface area contributed by atoms with Crippen LogP contribution in [0, 0.1) is 0 Å². The van der Waals surface area contributed by atoms with Crippen LogP contribution in [0.25, 0.3) is 0 Å². The number of benzene rings is 2. The zero-order valence-corrected chi connectivity index (χ0v) is 11.6. The first-order valence-corrected chi connectivity index (χ1v) is 6.76. The first-order chi connectivity index (χ1) is 10.2. The van der Waals surface area contributed by atoms with Crippen molar-refractivity contribution in [1.82, 2.24) is 0 Å². The lowest BCUT2D eigenvalue weighted by Gasteiger charge is -2.08. The highest BCUT2D eigenvalue weighted by molar-refractivity contribution is 6.08. The molecule has 0 bridgehead atoms. The second-order valence-electron chi connectivity index (χ2n) is 4.74. The summed E-state index contributed by atoms with van der Waals surface area (Å²) in [6.45, 7) is 0.0998. The molecule has 0 spiro atoms. The summed E-state index contributed by atoms with van der Waals surface area (Å²) in [5.74, 6) is -0.0150. The number of hydrogen-bond donors (Lipinski definition) is 2. The number of carbonyl (C=O) groups is 1. The molecule has 0 radical (unpaired) electrons. The summed E-state index contributed by atoms with van der Waals surface area (Å²) < 4.78 is 5.26. The van der Waals surface area contributed by atoms with E-state index in [9.17, 15) is 4.79 Å². The fourth-order valence-electron chi connectivity index (χ4n) is 1.87. The maximum atomic E-state index is 12.2. The van der Waals surface area contributed by atoms with E-state index >= 15 is 0 Å². The van der Waals surface area contributed by atoms with Gasteiger partial charge in [-0.3, -0.25) is 4.79 Å². The molecule has 2 N–H and O–H groups in total. The summed E-state index contributed by atoms with van der Waals surface area (Å²) in [4.78, 5) is 12.2. The molecule has 0 amide bonds. The molecule has 0 aliphatic rings. The second-order valence-corrected chi connectivity index (χ2v) is 4.74. The molecule has 0 aromatic heterocycles. The third kappa shape index (κ3) is 4.49. The molecule has 21 heavy (non-hydrogen) atoms. The van der Waals surface area contributed by atoms with E-state index in [4.69, 9.17) is 14.9 Å². The molecule has 4 nitrogen and oxygen atoms in total. The maximum Gasteiger partial charge on any atom is 0.193 e. The molecule has 0 saturated carbocycles. The summed E-state index contributed by atoms with van der Waals surface area (Å²) in [6, 6.07) is 16.3. The van der Waals surface area contributed by atoms with Gasteiger partial charge in [0.05, 0.1) is 19.8 Å². The number of rotatable bonds is 7. The largest absolute Gasteiger partial charge is 0.394 e. The van der Waals surface area contributed by atoms with Crippen LogP contribution in [0.3, 0.4) is 0 Å². The minimum Gasteiger partial charge on any atom is -0.394 e. The van der Waals surface area contributed by atoms with Crippen molar-refractivity contribution in [3.05, 3.63) is 71.3 Å². The van der Waals surface area contributed by atoms with Gasteiger partial charge in [-0.1, -0.05) is 54.6 Å². The van der Waals surface area contributed by atoms with Gasteiger partial charge in [-0.05, 0) is 5.56 Å². The number of ether oxygens (including phenoxy) is 1. The van der Waals surface area contributed by atoms with Crippen LogP contribution in [0.15, 0.2) is 54.6 Å². The standard InChI is InChI=1S/C17H18O4/c18-10-16(19)12-21-11-13-6-8-15(9-7-13)17(20)14-4-2-1-3-5-14/h1-9,16,18-19H,10-12H2. The highest BCUT2D eigenvalue weighted by atomic mass is 16.5. The van der Waals surface area contributed by atoms with Crippen molar-refractivity contribution in [2.45, 2.75) is 12.7 Å². The van der Waals surface area contributed by atoms with Gasteiger partial charge in [-0.25, -0.2) is 0 Å². The maximum absolute atomic E-state index is 12.2. The SMILES string of the molecule is O=C(c1ccccc1)c1ccc(COCC(O)CO)cc1. The normalized spacial score (nSPS) is 12.1. The van der Waals surface area contributed by atoms with E-state index in [1.165, 1.54) is 0 Å². The van der Waals surface area contributed by atoms with Gasteiger partial charge in [0.2, 0.25) is 0 Å². The van der Waals surface area contributed by atoms with Crippen LogP contribution < -0.4 is 0 Å². The Morgan fingerprint density at radius 1 is 1.00 bits per heavy atom. The molecular weight excluding hydrogens is 268 g/mol. The Kier molecular flexibility index (Phi) is 5.63. The van der Waals surface area contributed by atoms with Crippen molar-refractivity contribution in [3.63, 3.8) is 0 Å². The number of aliphatic hydroxyl groups excluding tert-OH is 2. The smallest absolute Gasteiger partial charge is 0.193 e. The van der Waals surface area contributed by atoms with E-state index < -0.39 is 6.10 Å². The van der Waals surface area contributed by atoms with E-state index in [0.717, 1.165) is 5.56 Å². The van der Waals surface area contributed by atoms with Crippen molar-refractivity contribution >= 4 is 5.78 Å². The van der Waals surface area contributed by atoms with Gasteiger partial charge >= 0.3 is 0 Å². The van der Waals surface area contributed by atoms with Gasteiger partial charge < -0.3 is 14.9 Å². The molecule has 1 atom stereocenters. The highest BCUT2D eigenvalue weighted by Gasteiger charge is 2.08. The van der Waals surface area contributed by atoms with E-state index in [2.05, 4.69) is 0 Å². The van der Waals surface area contributed by atoms with Crippen LogP contribution in [-0.4, -0.2) is 35.3 Å². The summed E-state index contributed by atoms with van der Waals surface area (Å²) in [6.07, 6.45) is -0.857. The summed E-state index contributed by atoms with van der Waals surface area (Å²) in [5.41, 5.74) is 2.19. The Labute approximate surface area is 123 Å². The molecule has 4 heteroatoms. The predicted octanol–water partition coefficient (Wildman–Crippen LogP) is 1.79. The quantitative estimate of drug-likeness (QED) is 0.762. The van der Waals surface area contributed by atoms with Gasteiger partial charge in [0.25, 0.3) is 0 Å². The number of hydrogen-bond acceptors (Lipinski definition) is 4. The van der Waals surface area contributed by atoms with Crippen molar-refractivity contribution in [2.24, 2.45) is 0 Å². The first-order valence-electron chi connectivity index (χ1n) is 6.76. The molecule has 0 aliphatic heterocycles. The summed E-state index contributed by atoms with van der Waals surface area (Å²) >= 11 is 0. The van der Waals surface area contributed by atoms with Crippen molar-refractivity contribution < 1.29 is 19.7 Å². The zero-order valence-electron chi connectivity index (χ0n) is 11.6. The third-order valence-corrected chi connectivity index (χ3v) is 3.04. The van der Waals surface area contributed by atoms with E-state index in [1.807, 2.05) is 30.3 Å². The monoisotopic (exact) mass is 286 g/mol. The predicted molar refractivity (Wildman–Crippen MR) is 79.1 cm³/mol. The molecular formula is C17H18O4. The van der Waals surface area contributed by atoms with Gasteiger partial charge in [0, 0.05) is 11.1 Å². The lowest BCUT2D eigenvalue weighted by Crippen LogP contribution is -2.19. The molecule has 2 aromatic carbocycles. The molecule has 1 unspecified atom stereocenters. The van der Waals surface area contributed by atoms with Gasteiger partial charge in [-0.15, -0.1) is 0 Å². The van der Waals surface area contributed by atoms with Crippen molar-refractivity contribution in [1.29, 1.82) is 0 Å². The Hall–Kier alpha value is -2.01. The number of aliphatic hydroxyl groups is 2. The van der Waals surface area contributed by atoms with Crippen LogP contribution in [-0.2, 0) is 11.3 Å². The van der Waals surface area contributed by atoms with E-state index in [0.29, 0.717) is 17.7 Å². The van der Waals surface area contributed by atoms with Gasteiger partial charge in [0.1, 0.15) is 6.10 Å². The Balaban J connectivity index is 1.94. The minimum atomic E-state index is -0.857. The fraction of sp³-hybridized carbons (Fsp3) is 0.235. The lowest BCUT2D eigenvalue weighted by atomic mass is 10.0. The van der Waals surface area contributed by atoms with Crippen LogP contribution in [0.2, 0.25) is 0 Å². The number of ketones is 1. The Morgan fingerprint density at radius 2 is 1.62 bits per heavy atom. The van der Waals surface area contributed by atoms with Crippen molar-refractivity contribution in [2.75, 3.05) is 13.2 Å².